The van der Waals surface area contributed by atoms with Crippen molar-refractivity contribution in [3.05, 3.63) is 66.7 Å². The molecule has 0 amide bonds. The summed E-state index contributed by atoms with van der Waals surface area (Å²) >= 11 is 0. The Labute approximate surface area is 182 Å². The van der Waals surface area contributed by atoms with Crippen molar-refractivity contribution in [2.75, 3.05) is 28.2 Å². The largest absolute Gasteiger partial charge is 0.508 e. The zero-order valence-corrected chi connectivity index (χ0v) is 18.0. The van der Waals surface area contributed by atoms with Crippen LogP contribution in [-0.4, -0.2) is 35.7 Å². The van der Waals surface area contributed by atoms with E-state index in [1.54, 1.807) is 6.07 Å². The maximum Gasteiger partial charge on any atom is 0.394 e. The summed E-state index contributed by atoms with van der Waals surface area (Å²) in [7, 11) is -4.67. The van der Waals surface area contributed by atoms with E-state index in [1.807, 2.05) is 30.3 Å². The third kappa shape index (κ3) is 5.46. The van der Waals surface area contributed by atoms with Crippen LogP contribution in [0.15, 0.2) is 66.7 Å². The summed E-state index contributed by atoms with van der Waals surface area (Å²) in [5.41, 5.74) is 6.33. The standard InChI is InChI=1S/C22H23N3O.H2O4S/c1-3-24(4-2)17-10-12-19-21(14-17)25(16-8-6-5-7-9-16)22-15-18(26)11-13-20(22)23-19;1-5(2,3)4/h5-15,23,26H,3-4H2,1-2H3;(H2,1,2,3,4). The Balaban J connectivity index is 0.000000491. The molecule has 0 saturated heterocycles. The molecule has 1 aliphatic heterocycles. The molecule has 0 bridgehead atoms. The average Bonchev–Trinajstić information content (AvgIpc) is 2.72. The number of hydrogen-bond donors (Lipinski definition) is 4. The van der Waals surface area contributed by atoms with Gasteiger partial charge in [0.1, 0.15) is 5.75 Å². The van der Waals surface area contributed by atoms with E-state index in [2.05, 4.69) is 59.3 Å². The number of benzene rings is 3. The predicted molar refractivity (Wildman–Crippen MR) is 124 cm³/mol. The molecule has 0 aliphatic carbocycles. The molecule has 4 N–H and O–H groups in total. The van der Waals surface area contributed by atoms with Gasteiger partial charge in [-0.3, -0.25) is 9.11 Å². The molecular weight excluding hydrogens is 418 g/mol. The van der Waals surface area contributed by atoms with E-state index in [-0.39, 0.29) is 5.75 Å². The highest BCUT2D eigenvalue weighted by Gasteiger charge is 2.25. The van der Waals surface area contributed by atoms with Crippen molar-refractivity contribution in [2.24, 2.45) is 0 Å². The van der Waals surface area contributed by atoms with E-state index in [0.717, 1.165) is 41.5 Å². The van der Waals surface area contributed by atoms with Crippen LogP contribution >= 0.6 is 0 Å². The van der Waals surface area contributed by atoms with Crippen LogP contribution in [0.25, 0.3) is 0 Å². The van der Waals surface area contributed by atoms with Gasteiger partial charge >= 0.3 is 10.4 Å². The molecule has 1 aliphatic rings. The van der Waals surface area contributed by atoms with E-state index in [4.69, 9.17) is 17.5 Å². The highest BCUT2D eigenvalue weighted by atomic mass is 32.3. The molecule has 1 heterocycles. The monoisotopic (exact) mass is 443 g/mol. The first-order valence-corrected chi connectivity index (χ1v) is 11.1. The lowest BCUT2D eigenvalue weighted by molar-refractivity contribution is 0.381. The molecule has 0 fully saturated rings. The number of phenols is 1. The predicted octanol–water partition coefficient (Wildman–Crippen LogP) is 5.11. The van der Waals surface area contributed by atoms with E-state index >= 15 is 0 Å². The number of aromatic hydroxyl groups is 1. The van der Waals surface area contributed by atoms with Crippen molar-refractivity contribution in [1.82, 2.24) is 0 Å². The smallest absolute Gasteiger partial charge is 0.394 e. The lowest BCUT2D eigenvalue weighted by Crippen LogP contribution is -2.23. The van der Waals surface area contributed by atoms with Crippen molar-refractivity contribution in [2.45, 2.75) is 13.8 Å². The summed E-state index contributed by atoms with van der Waals surface area (Å²) in [5, 5.41) is 13.6. The third-order valence-corrected chi connectivity index (χ3v) is 4.86. The second kappa shape index (κ2) is 9.25. The van der Waals surface area contributed by atoms with Crippen LogP contribution in [0.3, 0.4) is 0 Å². The van der Waals surface area contributed by atoms with E-state index in [1.165, 1.54) is 5.69 Å². The van der Waals surface area contributed by atoms with Gasteiger partial charge in [-0.25, -0.2) is 0 Å². The van der Waals surface area contributed by atoms with Crippen LogP contribution in [0.1, 0.15) is 13.8 Å². The Morgan fingerprint density at radius 3 is 2.00 bits per heavy atom. The van der Waals surface area contributed by atoms with Crippen LogP contribution in [0.4, 0.5) is 34.1 Å². The fraction of sp³-hybridized carbons (Fsp3) is 0.182. The SMILES string of the molecule is CCN(CC)c1ccc2c(c1)N(c1ccccc1)c1cc(O)ccc1N2.O=S(=O)(O)O. The molecule has 3 aromatic carbocycles. The van der Waals surface area contributed by atoms with E-state index in [0.29, 0.717) is 0 Å². The first kappa shape index (κ1) is 22.4. The second-order valence-corrected chi connectivity index (χ2v) is 7.71. The number of nitrogens with one attached hydrogen (secondary N) is 1. The average molecular weight is 444 g/mol. The lowest BCUT2D eigenvalue weighted by Gasteiger charge is -2.35. The van der Waals surface area contributed by atoms with Gasteiger partial charge in [-0.15, -0.1) is 0 Å². The summed E-state index contributed by atoms with van der Waals surface area (Å²) < 4.78 is 31.6. The first-order chi connectivity index (χ1) is 14.7. The molecule has 9 heteroatoms. The molecule has 0 spiro atoms. The lowest BCUT2D eigenvalue weighted by atomic mass is 10.1. The number of fused-ring (bicyclic) bond motifs is 2. The number of para-hydroxylation sites is 1. The molecule has 0 saturated carbocycles. The van der Waals surface area contributed by atoms with Gasteiger partial charge in [-0.05, 0) is 56.3 Å². The fourth-order valence-corrected chi connectivity index (χ4v) is 3.54. The molecular formula is C22H25N3O5S. The third-order valence-electron chi connectivity index (χ3n) is 4.86. The zero-order chi connectivity index (χ0) is 22.6. The van der Waals surface area contributed by atoms with E-state index < -0.39 is 10.4 Å². The van der Waals surface area contributed by atoms with Gasteiger partial charge in [0.05, 0.1) is 22.7 Å². The van der Waals surface area contributed by atoms with Gasteiger partial charge in [-0.2, -0.15) is 8.42 Å². The Kier molecular flexibility index (Phi) is 6.69. The highest BCUT2D eigenvalue weighted by molar-refractivity contribution is 7.79. The summed E-state index contributed by atoms with van der Waals surface area (Å²) in [4.78, 5) is 4.54. The summed E-state index contributed by atoms with van der Waals surface area (Å²) in [6, 6.07) is 22.2. The molecule has 4 rings (SSSR count). The molecule has 0 aromatic heterocycles. The molecule has 31 heavy (non-hydrogen) atoms. The minimum absolute atomic E-state index is 0.259. The Hall–Kier alpha value is -3.27. The molecule has 0 unspecified atom stereocenters. The quantitative estimate of drug-likeness (QED) is 0.254. The Morgan fingerprint density at radius 2 is 1.42 bits per heavy atom. The minimum atomic E-state index is -4.67. The number of rotatable bonds is 4. The van der Waals surface area contributed by atoms with Crippen molar-refractivity contribution in [3.63, 3.8) is 0 Å². The first-order valence-electron chi connectivity index (χ1n) is 9.75. The Morgan fingerprint density at radius 1 is 0.871 bits per heavy atom. The summed E-state index contributed by atoms with van der Waals surface area (Å²) in [6.45, 7) is 6.27. The zero-order valence-electron chi connectivity index (χ0n) is 17.2. The van der Waals surface area contributed by atoms with Crippen LogP contribution in [0.5, 0.6) is 5.75 Å². The van der Waals surface area contributed by atoms with E-state index in [9.17, 15) is 5.11 Å². The van der Waals surface area contributed by atoms with Gasteiger partial charge < -0.3 is 20.2 Å². The van der Waals surface area contributed by atoms with Gasteiger partial charge in [0.25, 0.3) is 0 Å². The van der Waals surface area contributed by atoms with Gasteiger partial charge in [0.2, 0.25) is 0 Å². The number of hydrogen-bond acceptors (Lipinski definition) is 6. The maximum atomic E-state index is 10.1. The molecule has 0 atom stereocenters. The Bertz CT molecular complexity index is 1140. The van der Waals surface area contributed by atoms with Crippen molar-refractivity contribution >= 4 is 44.5 Å². The topological polar surface area (TPSA) is 113 Å². The molecule has 8 nitrogen and oxygen atoms in total. The van der Waals surface area contributed by atoms with Crippen molar-refractivity contribution in [3.8, 4) is 5.75 Å². The number of nitrogens with zero attached hydrogens (tertiary/aromatic N) is 2. The van der Waals surface area contributed by atoms with Gasteiger partial charge in [-0.1, -0.05) is 18.2 Å². The van der Waals surface area contributed by atoms with Crippen molar-refractivity contribution < 1.29 is 22.6 Å². The van der Waals surface area contributed by atoms with Crippen LogP contribution in [-0.2, 0) is 10.4 Å². The molecule has 164 valence electrons. The number of anilines is 6. The van der Waals surface area contributed by atoms with Gasteiger partial charge in [0.15, 0.2) is 0 Å². The highest BCUT2D eigenvalue weighted by Crippen LogP contribution is 2.49. The fourth-order valence-electron chi connectivity index (χ4n) is 3.54. The maximum absolute atomic E-state index is 10.1. The normalized spacial score (nSPS) is 12.1. The summed E-state index contributed by atoms with van der Waals surface area (Å²) in [6.07, 6.45) is 0. The van der Waals surface area contributed by atoms with Crippen LogP contribution in [0, 0.1) is 0 Å². The summed E-state index contributed by atoms with van der Waals surface area (Å²) in [5.74, 6) is 0.259. The van der Waals surface area contributed by atoms with Crippen molar-refractivity contribution in [1.29, 1.82) is 0 Å². The van der Waals surface area contributed by atoms with Crippen LogP contribution < -0.4 is 15.1 Å². The molecule has 3 aromatic rings. The van der Waals surface area contributed by atoms with Gasteiger partial charge in [0, 0.05) is 30.5 Å². The second-order valence-electron chi connectivity index (χ2n) is 6.82. The molecule has 0 radical (unpaired) electrons. The minimum Gasteiger partial charge on any atom is -0.508 e. The van der Waals surface area contributed by atoms with Crippen LogP contribution in [0.2, 0.25) is 0 Å². The number of phenolic OH excluding ortho intramolecular Hbond substituents is 1.